The Morgan fingerprint density at radius 1 is 0.743 bits per heavy atom. The van der Waals surface area contributed by atoms with Crippen LogP contribution in [0, 0.1) is 5.92 Å². The average Bonchev–Trinajstić information content (AvgIpc) is 2.88. The van der Waals surface area contributed by atoms with Crippen LogP contribution in [0.15, 0.2) is 78.9 Å². The van der Waals surface area contributed by atoms with Gasteiger partial charge in [-0.3, -0.25) is 14.4 Å². The Morgan fingerprint density at radius 2 is 1.37 bits per heavy atom. The monoisotopic (exact) mass is 473 g/mol. The van der Waals surface area contributed by atoms with Crippen molar-refractivity contribution in [2.75, 3.05) is 20.3 Å². The lowest BCUT2D eigenvalue weighted by atomic mass is 9.96. The highest BCUT2D eigenvalue weighted by Crippen LogP contribution is 2.23. The second-order valence-corrected chi connectivity index (χ2v) is 8.19. The summed E-state index contributed by atoms with van der Waals surface area (Å²) < 4.78 is 10.1. The van der Waals surface area contributed by atoms with Gasteiger partial charge < -0.3 is 14.4 Å². The summed E-state index contributed by atoms with van der Waals surface area (Å²) >= 11 is 0. The Balaban J connectivity index is 1.71. The number of hydrogen-bond donors (Lipinski definition) is 0. The first-order valence-electron chi connectivity index (χ1n) is 11.7. The van der Waals surface area contributed by atoms with Crippen LogP contribution >= 0.6 is 0 Å². The summed E-state index contributed by atoms with van der Waals surface area (Å²) in [6.45, 7) is 4.31. The van der Waals surface area contributed by atoms with Gasteiger partial charge in [-0.2, -0.15) is 0 Å². The SMILES string of the molecule is CCOC(=O)C(Cc1ccc(-c2cccc(CN(C)C(=O)c3ccccc3)c2)cc1)C(=O)OCC. The molecule has 0 spiro atoms. The van der Waals surface area contributed by atoms with Crippen LogP contribution in [0.4, 0.5) is 0 Å². The zero-order chi connectivity index (χ0) is 25.2. The molecule has 3 aromatic rings. The maximum atomic E-state index is 12.7. The molecule has 182 valence electrons. The molecule has 0 aliphatic rings. The summed E-state index contributed by atoms with van der Waals surface area (Å²) in [5.41, 5.74) is 4.52. The van der Waals surface area contributed by atoms with Gasteiger partial charge in [-0.1, -0.05) is 60.7 Å². The van der Waals surface area contributed by atoms with Crippen molar-refractivity contribution in [3.63, 3.8) is 0 Å². The van der Waals surface area contributed by atoms with E-state index in [1.54, 1.807) is 25.8 Å². The van der Waals surface area contributed by atoms with Crippen LogP contribution in [0.25, 0.3) is 11.1 Å². The topological polar surface area (TPSA) is 72.9 Å². The quantitative estimate of drug-likeness (QED) is 0.309. The van der Waals surface area contributed by atoms with E-state index in [-0.39, 0.29) is 25.5 Å². The third-order valence-electron chi connectivity index (χ3n) is 5.58. The standard InChI is InChI=1S/C29H31NO5/c1-4-34-28(32)26(29(33)35-5-2)19-21-14-16-23(17-15-21)25-13-9-10-22(18-25)20-30(3)27(31)24-11-7-6-8-12-24/h6-18,26H,4-5,19-20H2,1-3H3. The Labute approximate surface area is 206 Å². The minimum atomic E-state index is -0.984. The predicted molar refractivity (Wildman–Crippen MR) is 135 cm³/mol. The molecule has 3 rings (SSSR count). The third-order valence-corrected chi connectivity index (χ3v) is 5.58. The first kappa shape index (κ1) is 25.7. The van der Waals surface area contributed by atoms with Crippen molar-refractivity contribution in [2.24, 2.45) is 5.92 Å². The fraction of sp³-hybridized carbons (Fsp3) is 0.276. The molecule has 0 atom stereocenters. The van der Waals surface area contributed by atoms with Gasteiger partial charge in [0.25, 0.3) is 5.91 Å². The van der Waals surface area contributed by atoms with Crippen molar-refractivity contribution in [2.45, 2.75) is 26.8 Å². The fourth-order valence-electron chi connectivity index (χ4n) is 3.81. The van der Waals surface area contributed by atoms with Gasteiger partial charge >= 0.3 is 11.9 Å². The lowest BCUT2D eigenvalue weighted by Gasteiger charge is -2.18. The molecule has 0 saturated heterocycles. The van der Waals surface area contributed by atoms with Gasteiger partial charge in [-0.15, -0.1) is 0 Å². The highest BCUT2D eigenvalue weighted by atomic mass is 16.6. The van der Waals surface area contributed by atoms with Crippen molar-refractivity contribution >= 4 is 17.8 Å². The molecule has 35 heavy (non-hydrogen) atoms. The number of carbonyl (C=O) groups excluding carboxylic acids is 3. The molecule has 0 heterocycles. The number of benzene rings is 3. The fourth-order valence-corrected chi connectivity index (χ4v) is 3.81. The Kier molecular flexibility index (Phi) is 9.18. The molecule has 0 bridgehead atoms. The molecule has 0 aliphatic heterocycles. The molecule has 1 amide bonds. The molecular formula is C29H31NO5. The van der Waals surface area contributed by atoms with E-state index in [4.69, 9.17) is 9.47 Å². The first-order chi connectivity index (χ1) is 16.9. The van der Waals surface area contributed by atoms with Crippen LogP contribution in [0.5, 0.6) is 0 Å². The molecular weight excluding hydrogens is 442 g/mol. The van der Waals surface area contributed by atoms with Crippen LogP contribution in [0.3, 0.4) is 0 Å². The molecule has 0 aliphatic carbocycles. The number of nitrogens with zero attached hydrogens (tertiary/aromatic N) is 1. The van der Waals surface area contributed by atoms with Gasteiger partial charge in [-0.05, 0) is 60.7 Å². The number of amides is 1. The van der Waals surface area contributed by atoms with Gasteiger partial charge in [0.05, 0.1) is 13.2 Å². The molecule has 0 unspecified atom stereocenters. The second kappa shape index (κ2) is 12.5. The van der Waals surface area contributed by atoms with E-state index in [1.807, 2.05) is 72.8 Å². The van der Waals surface area contributed by atoms with Crippen LogP contribution in [-0.2, 0) is 32.0 Å². The molecule has 0 saturated carbocycles. The summed E-state index contributed by atoms with van der Waals surface area (Å²) in [5, 5.41) is 0. The smallest absolute Gasteiger partial charge is 0.320 e. The van der Waals surface area contributed by atoms with Crippen LogP contribution in [-0.4, -0.2) is 43.0 Å². The Bertz CT molecular complexity index is 1120. The lowest BCUT2D eigenvalue weighted by Crippen LogP contribution is -2.30. The van der Waals surface area contributed by atoms with E-state index in [0.29, 0.717) is 12.1 Å². The number of carbonyl (C=O) groups is 3. The Hall–Kier alpha value is -3.93. The number of esters is 2. The third kappa shape index (κ3) is 7.03. The normalized spacial score (nSPS) is 10.6. The molecule has 3 aromatic carbocycles. The predicted octanol–water partition coefficient (Wildman–Crippen LogP) is 4.91. The molecule has 0 aromatic heterocycles. The van der Waals surface area contributed by atoms with E-state index >= 15 is 0 Å². The molecule has 6 nitrogen and oxygen atoms in total. The summed E-state index contributed by atoms with van der Waals surface area (Å²) in [5.74, 6) is -2.16. The summed E-state index contributed by atoms with van der Waals surface area (Å²) in [4.78, 5) is 38.9. The second-order valence-electron chi connectivity index (χ2n) is 8.19. The van der Waals surface area contributed by atoms with Crippen LogP contribution < -0.4 is 0 Å². The summed E-state index contributed by atoms with van der Waals surface area (Å²) in [6, 6.07) is 25.0. The molecule has 0 fully saturated rings. The maximum absolute atomic E-state index is 12.7. The zero-order valence-electron chi connectivity index (χ0n) is 20.4. The van der Waals surface area contributed by atoms with Crippen LogP contribution in [0.1, 0.15) is 35.3 Å². The van der Waals surface area contributed by atoms with Gasteiger partial charge in [0.2, 0.25) is 0 Å². The highest BCUT2D eigenvalue weighted by Gasteiger charge is 2.29. The average molecular weight is 474 g/mol. The summed E-state index contributed by atoms with van der Waals surface area (Å²) in [6.07, 6.45) is 0.213. The largest absolute Gasteiger partial charge is 0.465 e. The van der Waals surface area contributed by atoms with E-state index in [9.17, 15) is 14.4 Å². The number of hydrogen-bond acceptors (Lipinski definition) is 5. The lowest BCUT2D eigenvalue weighted by molar-refractivity contribution is -0.161. The van der Waals surface area contributed by atoms with E-state index < -0.39 is 17.9 Å². The van der Waals surface area contributed by atoms with Crippen molar-refractivity contribution < 1.29 is 23.9 Å². The minimum Gasteiger partial charge on any atom is -0.465 e. The molecule has 0 radical (unpaired) electrons. The summed E-state index contributed by atoms with van der Waals surface area (Å²) in [7, 11) is 1.79. The maximum Gasteiger partial charge on any atom is 0.320 e. The zero-order valence-corrected chi connectivity index (χ0v) is 20.4. The van der Waals surface area contributed by atoms with Gasteiger partial charge in [0, 0.05) is 19.2 Å². The minimum absolute atomic E-state index is 0.0295. The van der Waals surface area contributed by atoms with E-state index in [1.165, 1.54) is 0 Å². The highest BCUT2D eigenvalue weighted by molar-refractivity contribution is 5.95. The van der Waals surface area contributed by atoms with Crippen molar-refractivity contribution in [1.29, 1.82) is 0 Å². The van der Waals surface area contributed by atoms with E-state index in [0.717, 1.165) is 22.3 Å². The van der Waals surface area contributed by atoms with Crippen LogP contribution in [0.2, 0.25) is 0 Å². The van der Waals surface area contributed by atoms with Gasteiger partial charge in [-0.25, -0.2) is 0 Å². The van der Waals surface area contributed by atoms with Gasteiger partial charge in [0.1, 0.15) is 0 Å². The van der Waals surface area contributed by atoms with Crippen molar-refractivity contribution in [3.8, 4) is 11.1 Å². The molecule has 0 N–H and O–H groups in total. The number of rotatable bonds is 10. The van der Waals surface area contributed by atoms with Crippen molar-refractivity contribution in [1.82, 2.24) is 4.90 Å². The number of ether oxygens (including phenoxy) is 2. The molecule has 6 heteroatoms. The van der Waals surface area contributed by atoms with Gasteiger partial charge in [0.15, 0.2) is 5.92 Å². The van der Waals surface area contributed by atoms with Crippen molar-refractivity contribution in [3.05, 3.63) is 95.6 Å². The Morgan fingerprint density at radius 3 is 1.97 bits per heavy atom. The first-order valence-corrected chi connectivity index (χ1v) is 11.7. The van der Waals surface area contributed by atoms with E-state index in [2.05, 4.69) is 6.07 Å².